The molecule has 2 atom stereocenters. The molecule has 94 valence electrons. The van der Waals surface area contributed by atoms with Crippen LogP contribution in [0.5, 0.6) is 0 Å². The molecule has 1 aliphatic rings. The molecule has 0 fully saturated rings. The van der Waals surface area contributed by atoms with Crippen LogP contribution in [0.15, 0.2) is 22.7 Å². The molecule has 0 spiro atoms. The average Bonchev–Trinajstić information content (AvgIpc) is 2.74. The summed E-state index contributed by atoms with van der Waals surface area (Å²) in [5, 5.41) is 13.1. The van der Waals surface area contributed by atoms with Crippen molar-refractivity contribution in [3.05, 3.63) is 33.8 Å². The van der Waals surface area contributed by atoms with Gasteiger partial charge in [-0.1, -0.05) is 35.0 Å². The van der Waals surface area contributed by atoms with Crippen molar-refractivity contribution >= 4 is 15.9 Å². The molecule has 0 saturated carbocycles. The van der Waals surface area contributed by atoms with E-state index in [1.54, 1.807) is 0 Å². The van der Waals surface area contributed by atoms with Gasteiger partial charge in [-0.3, -0.25) is 0 Å². The number of hydrogen-bond donors (Lipinski definition) is 2. The molecule has 2 nitrogen and oxygen atoms in total. The zero-order valence-electron chi connectivity index (χ0n) is 10.2. The van der Waals surface area contributed by atoms with Gasteiger partial charge in [0.1, 0.15) is 0 Å². The van der Waals surface area contributed by atoms with Gasteiger partial charge in [-0.05, 0) is 49.4 Å². The smallest absolute Gasteiger partial charge is 0.0549 e. The molecule has 1 aliphatic carbocycles. The second-order valence-electron chi connectivity index (χ2n) is 4.70. The molecule has 0 aliphatic heterocycles. The van der Waals surface area contributed by atoms with Crippen LogP contribution in [0.3, 0.4) is 0 Å². The minimum atomic E-state index is -0.161. The normalized spacial score (nSPS) is 20.3. The van der Waals surface area contributed by atoms with Gasteiger partial charge in [0.2, 0.25) is 0 Å². The number of aliphatic hydroxyl groups excluding tert-OH is 1. The summed E-state index contributed by atoms with van der Waals surface area (Å²) in [6.45, 7) is 2.91. The van der Waals surface area contributed by atoms with Crippen molar-refractivity contribution in [2.24, 2.45) is 0 Å². The van der Waals surface area contributed by atoms with E-state index >= 15 is 0 Å². The molecule has 2 N–H and O–H groups in total. The Hall–Kier alpha value is -0.380. The highest BCUT2D eigenvalue weighted by Crippen LogP contribution is 2.35. The number of hydrogen-bond acceptors (Lipinski definition) is 2. The first-order valence-electron chi connectivity index (χ1n) is 6.41. The molecule has 3 heteroatoms. The predicted molar refractivity (Wildman–Crippen MR) is 74.1 cm³/mol. The molecule has 0 saturated heterocycles. The van der Waals surface area contributed by atoms with E-state index in [0.29, 0.717) is 6.04 Å². The Bertz CT molecular complexity index is 380. The quantitative estimate of drug-likeness (QED) is 0.875. The van der Waals surface area contributed by atoms with Crippen molar-refractivity contribution in [3.63, 3.8) is 0 Å². The number of fused-ring (bicyclic) bond motifs is 1. The highest BCUT2D eigenvalue weighted by molar-refractivity contribution is 9.10. The Morgan fingerprint density at radius 3 is 3.12 bits per heavy atom. The van der Waals surface area contributed by atoms with Gasteiger partial charge in [-0.2, -0.15) is 0 Å². The molecule has 17 heavy (non-hydrogen) atoms. The summed E-state index contributed by atoms with van der Waals surface area (Å²) in [6, 6.07) is 6.89. The monoisotopic (exact) mass is 297 g/mol. The minimum Gasteiger partial charge on any atom is -0.393 e. The third-order valence-electron chi connectivity index (χ3n) is 3.55. The van der Waals surface area contributed by atoms with Gasteiger partial charge in [0, 0.05) is 10.5 Å². The van der Waals surface area contributed by atoms with Crippen LogP contribution in [0.25, 0.3) is 0 Å². The van der Waals surface area contributed by atoms with Crippen LogP contribution in [0.4, 0.5) is 0 Å². The molecule has 1 aromatic carbocycles. The Morgan fingerprint density at radius 2 is 2.35 bits per heavy atom. The number of halogens is 1. The molecular formula is C14H20BrNO. The Labute approximate surface area is 112 Å². The van der Waals surface area contributed by atoms with Crippen molar-refractivity contribution in [2.45, 2.75) is 44.8 Å². The average molecular weight is 298 g/mol. The summed E-state index contributed by atoms with van der Waals surface area (Å²) >= 11 is 3.61. The summed E-state index contributed by atoms with van der Waals surface area (Å²) in [6.07, 6.45) is 3.83. The van der Waals surface area contributed by atoms with Crippen LogP contribution < -0.4 is 5.32 Å². The van der Waals surface area contributed by atoms with Gasteiger partial charge in [-0.15, -0.1) is 0 Å². The zero-order chi connectivity index (χ0) is 12.3. The minimum absolute atomic E-state index is 0.161. The fourth-order valence-corrected chi connectivity index (χ4v) is 3.03. The summed E-state index contributed by atoms with van der Waals surface area (Å²) in [5.41, 5.74) is 2.87. The third-order valence-corrected chi connectivity index (χ3v) is 4.30. The second kappa shape index (κ2) is 5.98. The molecule has 0 heterocycles. The van der Waals surface area contributed by atoms with Crippen LogP contribution in [-0.4, -0.2) is 17.8 Å². The first kappa shape index (κ1) is 13.1. The molecule has 0 radical (unpaired) electrons. The topological polar surface area (TPSA) is 32.3 Å². The van der Waals surface area contributed by atoms with Crippen LogP contribution in [0.2, 0.25) is 0 Å². The fourth-order valence-electron chi connectivity index (χ4n) is 2.45. The summed E-state index contributed by atoms with van der Waals surface area (Å²) in [4.78, 5) is 0. The standard InChI is InChI=1S/C14H20BrNO/c1-2-10(17)8-9-16-14-7-6-11-12(14)4-3-5-13(11)15/h3-5,10,14,16-17H,2,6-9H2,1H3. The van der Waals surface area contributed by atoms with Gasteiger partial charge in [0.05, 0.1) is 6.10 Å². The van der Waals surface area contributed by atoms with E-state index in [1.165, 1.54) is 22.0 Å². The van der Waals surface area contributed by atoms with E-state index in [9.17, 15) is 5.11 Å². The van der Waals surface area contributed by atoms with Gasteiger partial charge >= 0.3 is 0 Å². The van der Waals surface area contributed by atoms with Crippen LogP contribution in [0, 0.1) is 0 Å². The maximum Gasteiger partial charge on any atom is 0.0549 e. The molecule has 1 aromatic rings. The SMILES string of the molecule is CCC(O)CCNC1CCc2c(Br)cccc21. The predicted octanol–water partition coefficient (Wildman–Crippen LogP) is 3.19. The molecule has 0 amide bonds. The highest BCUT2D eigenvalue weighted by atomic mass is 79.9. The lowest BCUT2D eigenvalue weighted by Crippen LogP contribution is -2.23. The van der Waals surface area contributed by atoms with E-state index in [0.717, 1.165) is 25.8 Å². The molecule has 0 bridgehead atoms. The molecule has 2 unspecified atom stereocenters. The van der Waals surface area contributed by atoms with Crippen molar-refractivity contribution in [1.29, 1.82) is 0 Å². The lowest BCUT2D eigenvalue weighted by molar-refractivity contribution is 0.158. The Balaban J connectivity index is 1.91. The fraction of sp³-hybridized carbons (Fsp3) is 0.571. The zero-order valence-corrected chi connectivity index (χ0v) is 11.8. The van der Waals surface area contributed by atoms with Crippen molar-refractivity contribution in [1.82, 2.24) is 5.32 Å². The summed E-state index contributed by atoms with van der Waals surface area (Å²) in [5.74, 6) is 0. The van der Waals surface area contributed by atoms with Gasteiger partial charge in [-0.25, -0.2) is 0 Å². The van der Waals surface area contributed by atoms with Gasteiger partial charge < -0.3 is 10.4 Å². The van der Waals surface area contributed by atoms with Crippen LogP contribution in [0.1, 0.15) is 43.4 Å². The molecule has 0 aromatic heterocycles. The lowest BCUT2D eigenvalue weighted by atomic mass is 10.1. The van der Waals surface area contributed by atoms with E-state index < -0.39 is 0 Å². The first-order chi connectivity index (χ1) is 8.22. The summed E-state index contributed by atoms with van der Waals surface area (Å²) in [7, 11) is 0. The van der Waals surface area contributed by atoms with E-state index in [-0.39, 0.29) is 6.10 Å². The number of rotatable bonds is 5. The maximum atomic E-state index is 9.52. The third kappa shape index (κ3) is 3.09. The van der Waals surface area contributed by atoms with E-state index in [1.807, 2.05) is 6.92 Å². The Kier molecular flexibility index (Phi) is 4.60. The van der Waals surface area contributed by atoms with Gasteiger partial charge in [0.15, 0.2) is 0 Å². The van der Waals surface area contributed by atoms with Crippen LogP contribution in [-0.2, 0) is 6.42 Å². The van der Waals surface area contributed by atoms with E-state index in [4.69, 9.17) is 0 Å². The van der Waals surface area contributed by atoms with Crippen molar-refractivity contribution in [3.8, 4) is 0 Å². The number of aliphatic hydroxyl groups is 1. The Morgan fingerprint density at radius 1 is 1.53 bits per heavy atom. The molecule has 2 rings (SSSR count). The maximum absolute atomic E-state index is 9.52. The largest absolute Gasteiger partial charge is 0.393 e. The highest BCUT2D eigenvalue weighted by Gasteiger charge is 2.23. The van der Waals surface area contributed by atoms with Crippen LogP contribution >= 0.6 is 15.9 Å². The number of nitrogens with one attached hydrogen (secondary N) is 1. The van der Waals surface area contributed by atoms with Crippen molar-refractivity contribution in [2.75, 3.05) is 6.54 Å². The van der Waals surface area contributed by atoms with Gasteiger partial charge in [0.25, 0.3) is 0 Å². The second-order valence-corrected chi connectivity index (χ2v) is 5.56. The summed E-state index contributed by atoms with van der Waals surface area (Å²) < 4.78 is 1.23. The lowest BCUT2D eigenvalue weighted by Gasteiger charge is -2.15. The molecular weight excluding hydrogens is 278 g/mol. The number of benzene rings is 1. The van der Waals surface area contributed by atoms with E-state index in [2.05, 4.69) is 39.4 Å². The van der Waals surface area contributed by atoms with Crippen molar-refractivity contribution < 1.29 is 5.11 Å². The first-order valence-corrected chi connectivity index (χ1v) is 7.20.